The predicted octanol–water partition coefficient (Wildman–Crippen LogP) is 0.241. The van der Waals surface area contributed by atoms with Crippen molar-refractivity contribution in [1.29, 1.82) is 0 Å². The Labute approximate surface area is 96.7 Å². The van der Waals surface area contributed by atoms with Gasteiger partial charge in [0.2, 0.25) is 5.91 Å². The number of amides is 1. The number of thiophene rings is 1. The van der Waals surface area contributed by atoms with Gasteiger partial charge in [-0.2, -0.15) is 0 Å². The molecule has 0 aliphatic carbocycles. The van der Waals surface area contributed by atoms with Crippen LogP contribution in [0.15, 0.2) is 17.5 Å². The summed E-state index contributed by atoms with van der Waals surface area (Å²) in [7, 11) is 0. The van der Waals surface area contributed by atoms with E-state index in [0.717, 1.165) is 4.88 Å². The lowest BCUT2D eigenvalue weighted by molar-refractivity contribution is -0.144. The molecule has 0 bridgehead atoms. The Hall–Kier alpha value is -1.40. The summed E-state index contributed by atoms with van der Waals surface area (Å²) in [4.78, 5) is 23.0. The first kappa shape index (κ1) is 12.7. The molecule has 2 unspecified atom stereocenters. The Balaban J connectivity index is 2.52. The molecule has 0 saturated carbocycles. The Morgan fingerprint density at radius 1 is 1.56 bits per heavy atom. The zero-order valence-electron chi connectivity index (χ0n) is 8.71. The molecule has 0 fully saturated rings. The van der Waals surface area contributed by atoms with Crippen LogP contribution in [0.5, 0.6) is 0 Å². The lowest BCUT2D eigenvalue weighted by Crippen LogP contribution is -2.48. The molecule has 6 heteroatoms. The number of aliphatic hydroxyl groups is 1. The van der Waals surface area contributed by atoms with Crippen molar-refractivity contribution < 1.29 is 19.8 Å². The van der Waals surface area contributed by atoms with Crippen LogP contribution in [-0.2, 0) is 16.0 Å². The summed E-state index contributed by atoms with van der Waals surface area (Å²) in [5.41, 5.74) is 0. The van der Waals surface area contributed by atoms with E-state index in [9.17, 15) is 9.59 Å². The van der Waals surface area contributed by atoms with Gasteiger partial charge in [-0.25, -0.2) is 4.79 Å². The summed E-state index contributed by atoms with van der Waals surface area (Å²) < 4.78 is 0. The standard InChI is InChI=1S/C10H13NO4S/c1-6(12)9(10(14)15)11-8(13)5-7-3-2-4-16-7/h2-4,6,9,12H,5H2,1H3,(H,11,13)(H,14,15). The SMILES string of the molecule is CC(O)C(NC(=O)Cc1cccs1)C(=O)O. The summed E-state index contributed by atoms with van der Waals surface area (Å²) in [6.45, 7) is 1.32. The van der Waals surface area contributed by atoms with E-state index < -0.39 is 24.0 Å². The van der Waals surface area contributed by atoms with Gasteiger partial charge in [0.25, 0.3) is 0 Å². The zero-order chi connectivity index (χ0) is 12.1. The highest BCUT2D eigenvalue weighted by molar-refractivity contribution is 7.10. The van der Waals surface area contributed by atoms with Gasteiger partial charge < -0.3 is 15.5 Å². The van der Waals surface area contributed by atoms with Gasteiger partial charge in [0, 0.05) is 4.88 Å². The highest BCUT2D eigenvalue weighted by atomic mass is 32.1. The third-order valence-corrected chi connectivity index (χ3v) is 2.86. The summed E-state index contributed by atoms with van der Waals surface area (Å²) in [5.74, 6) is -1.65. The van der Waals surface area contributed by atoms with E-state index in [1.54, 1.807) is 6.07 Å². The first-order valence-corrected chi connectivity index (χ1v) is 5.61. The second-order valence-corrected chi connectivity index (χ2v) is 4.41. The first-order chi connectivity index (χ1) is 7.50. The Bertz CT molecular complexity index is 361. The lowest BCUT2D eigenvalue weighted by Gasteiger charge is -2.16. The monoisotopic (exact) mass is 243 g/mol. The van der Waals surface area contributed by atoms with Crippen LogP contribution >= 0.6 is 11.3 Å². The van der Waals surface area contributed by atoms with Gasteiger partial charge in [-0.15, -0.1) is 11.3 Å². The van der Waals surface area contributed by atoms with Crippen molar-refractivity contribution in [3.8, 4) is 0 Å². The van der Waals surface area contributed by atoms with Crippen molar-refractivity contribution in [2.75, 3.05) is 0 Å². The number of carboxylic acid groups (broad SMARTS) is 1. The van der Waals surface area contributed by atoms with Crippen LogP contribution in [0.3, 0.4) is 0 Å². The second-order valence-electron chi connectivity index (χ2n) is 3.38. The van der Waals surface area contributed by atoms with Crippen molar-refractivity contribution >= 4 is 23.2 Å². The molecule has 1 rings (SSSR count). The molecule has 0 spiro atoms. The number of nitrogens with one attached hydrogen (secondary N) is 1. The minimum atomic E-state index is -1.26. The number of rotatable bonds is 5. The molecule has 88 valence electrons. The number of hydrogen-bond donors (Lipinski definition) is 3. The van der Waals surface area contributed by atoms with E-state index in [1.165, 1.54) is 18.3 Å². The molecule has 0 aliphatic rings. The molecule has 2 atom stereocenters. The van der Waals surface area contributed by atoms with Crippen LogP contribution in [-0.4, -0.2) is 34.2 Å². The smallest absolute Gasteiger partial charge is 0.328 e. The molecule has 1 aromatic rings. The fourth-order valence-electron chi connectivity index (χ4n) is 1.18. The number of aliphatic carboxylic acids is 1. The van der Waals surface area contributed by atoms with E-state index >= 15 is 0 Å². The average Bonchev–Trinajstić information content (AvgIpc) is 2.65. The van der Waals surface area contributed by atoms with Crippen LogP contribution in [0, 0.1) is 0 Å². The van der Waals surface area contributed by atoms with Crippen molar-refractivity contribution in [3.05, 3.63) is 22.4 Å². The topological polar surface area (TPSA) is 86.6 Å². The van der Waals surface area contributed by atoms with E-state index in [4.69, 9.17) is 10.2 Å². The molecule has 0 saturated heterocycles. The van der Waals surface area contributed by atoms with Crippen LogP contribution in [0.25, 0.3) is 0 Å². The Kier molecular flexibility index (Phi) is 4.45. The summed E-state index contributed by atoms with van der Waals surface area (Å²) >= 11 is 1.42. The van der Waals surface area contributed by atoms with E-state index in [0.29, 0.717) is 0 Å². The van der Waals surface area contributed by atoms with Crippen molar-refractivity contribution in [2.45, 2.75) is 25.5 Å². The van der Waals surface area contributed by atoms with Crippen molar-refractivity contribution in [2.24, 2.45) is 0 Å². The summed E-state index contributed by atoms with van der Waals surface area (Å²) in [6.07, 6.45) is -0.987. The minimum absolute atomic E-state index is 0.133. The predicted molar refractivity (Wildman–Crippen MR) is 59.3 cm³/mol. The molecule has 16 heavy (non-hydrogen) atoms. The highest BCUT2D eigenvalue weighted by Gasteiger charge is 2.24. The maximum atomic E-state index is 11.5. The Morgan fingerprint density at radius 3 is 2.69 bits per heavy atom. The van der Waals surface area contributed by atoms with Crippen LogP contribution < -0.4 is 5.32 Å². The van der Waals surface area contributed by atoms with Gasteiger partial charge in [0.05, 0.1) is 12.5 Å². The lowest BCUT2D eigenvalue weighted by atomic mass is 10.2. The van der Waals surface area contributed by atoms with Crippen LogP contribution in [0.2, 0.25) is 0 Å². The van der Waals surface area contributed by atoms with E-state index in [2.05, 4.69) is 5.32 Å². The average molecular weight is 243 g/mol. The van der Waals surface area contributed by atoms with Crippen LogP contribution in [0.1, 0.15) is 11.8 Å². The fourth-order valence-corrected chi connectivity index (χ4v) is 1.89. The van der Waals surface area contributed by atoms with Crippen molar-refractivity contribution in [3.63, 3.8) is 0 Å². The first-order valence-electron chi connectivity index (χ1n) is 4.73. The third kappa shape index (κ3) is 3.63. The largest absolute Gasteiger partial charge is 0.480 e. The van der Waals surface area contributed by atoms with Gasteiger partial charge in [0.1, 0.15) is 0 Å². The third-order valence-electron chi connectivity index (χ3n) is 1.98. The molecular formula is C10H13NO4S. The number of carboxylic acids is 1. The van der Waals surface area contributed by atoms with Gasteiger partial charge in [-0.1, -0.05) is 6.07 Å². The van der Waals surface area contributed by atoms with E-state index in [-0.39, 0.29) is 6.42 Å². The number of carbonyl (C=O) groups is 2. The Morgan fingerprint density at radius 2 is 2.25 bits per heavy atom. The summed E-state index contributed by atoms with van der Waals surface area (Å²) in [6, 6.07) is 2.35. The second kappa shape index (κ2) is 5.62. The number of aliphatic hydroxyl groups excluding tert-OH is 1. The molecule has 0 aliphatic heterocycles. The van der Waals surface area contributed by atoms with Gasteiger partial charge in [-0.05, 0) is 18.4 Å². The molecule has 0 aromatic carbocycles. The van der Waals surface area contributed by atoms with Gasteiger partial charge in [-0.3, -0.25) is 4.79 Å². The highest BCUT2D eigenvalue weighted by Crippen LogP contribution is 2.09. The minimum Gasteiger partial charge on any atom is -0.480 e. The molecule has 1 amide bonds. The molecule has 5 nitrogen and oxygen atoms in total. The molecule has 1 heterocycles. The molecule has 3 N–H and O–H groups in total. The quantitative estimate of drug-likeness (QED) is 0.691. The van der Waals surface area contributed by atoms with Crippen LogP contribution in [0.4, 0.5) is 0 Å². The number of hydrogen-bond acceptors (Lipinski definition) is 4. The van der Waals surface area contributed by atoms with Gasteiger partial charge in [0.15, 0.2) is 6.04 Å². The zero-order valence-corrected chi connectivity index (χ0v) is 9.53. The van der Waals surface area contributed by atoms with Crippen molar-refractivity contribution in [1.82, 2.24) is 5.32 Å². The maximum absolute atomic E-state index is 11.5. The normalized spacial score (nSPS) is 14.1. The fraction of sp³-hybridized carbons (Fsp3) is 0.400. The number of carbonyl (C=O) groups excluding carboxylic acids is 1. The van der Waals surface area contributed by atoms with Gasteiger partial charge >= 0.3 is 5.97 Å². The molecular weight excluding hydrogens is 230 g/mol. The molecule has 0 radical (unpaired) electrons. The molecule has 1 aromatic heterocycles. The maximum Gasteiger partial charge on any atom is 0.328 e. The van der Waals surface area contributed by atoms with E-state index in [1.807, 2.05) is 11.4 Å². The summed E-state index contributed by atoms with van der Waals surface area (Å²) in [5, 5.41) is 22.0.